The Morgan fingerprint density at radius 1 is 1.33 bits per heavy atom. The molecule has 9 heavy (non-hydrogen) atoms. The molecule has 1 N–H and O–H groups in total. The van der Waals surface area contributed by atoms with E-state index in [2.05, 4.69) is 6.58 Å². The molecule has 0 unspecified atom stereocenters. The highest BCUT2D eigenvalue weighted by Gasteiger charge is 1.81. The maximum atomic E-state index is 8.44. The molecule has 0 saturated heterocycles. The van der Waals surface area contributed by atoms with Gasteiger partial charge in [-0.3, -0.25) is 0 Å². The Morgan fingerprint density at radius 3 is 2.22 bits per heavy atom. The van der Waals surface area contributed by atoms with E-state index in [4.69, 9.17) is 5.11 Å². The summed E-state index contributed by atoms with van der Waals surface area (Å²) in [6.07, 6.45) is 4.67. The summed E-state index contributed by atoms with van der Waals surface area (Å²) in [5.41, 5.74) is 1.89. The van der Waals surface area contributed by atoms with Crippen molar-refractivity contribution in [3.63, 3.8) is 0 Å². The zero-order chi connectivity index (χ0) is 7.28. The topological polar surface area (TPSA) is 20.2 Å². The van der Waals surface area contributed by atoms with Crippen molar-refractivity contribution in [3.8, 4) is 0 Å². The summed E-state index contributed by atoms with van der Waals surface area (Å²) in [7, 11) is 0. The first kappa shape index (κ1) is 8.02. The molecule has 0 rings (SSSR count). The third-order valence-corrected chi connectivity index (χ3v) is 0.981. The van der Waals surface area contributed by atoms with Crippen LogP contribution in [0.5, 0.6) is 0 Å². The molecule has 0 aliphatic heterocycles. The van der Waals surface area contributed by atoms with Crippen molar-refractivity contribution in [3.05, 3.63) is 36.1 Å². The lowest BCUT2D eigenvalue weighted by atomic mass is 10.2. The lowest BCUT2D eigenvalue weighted by Gasteiger charge is -1.89. The van der Waals surface area contributed by atoms with Gasteiger partial charge >= 0.3 is 0 Å². The van der Waals surface area contributed by atoms with Crippen molar-refractivity contribution in [2.24, 2.45) is 0 Å². The Balaban J connectivity index is 4.11. The molecule has 0 atom stereocenters. The molecule has 0 spiro atoms. The Kier molecular flexibility index (Phi) is 3.52. The molecule has 1 heteroatoms. The van der Waals surface area contributed by atoms with Crippen LogP contribution in [-0.4, -0.2) is 5.11 Å². The molecule has 0 aromatic heterocycles. The molecule has 0 aliphatic rings. The number of allylic oxidation sites excluding steroid dienone is 4. The third-order valence-electron chi connectivity index (χ3n) is 0.981. The van der Waals surface area contributed by atoms with E-state index in [1.165, 1.54) is 0 Å². The SMILES string of the molecule is C=C/C(C)=C\C(C)=C\O. The molecule has 0 bridgehead atoms. The van der Waals surface area contributed by atoms with Crippen LogP contribution in [0.3, 0.4) is 0 Å². The molecular formula is C8H12O. The summed E-state index contributed by atoms with van der Waals surface area (Å²) in [4.78, 5) is 0. The van der Waals surface area contributed by atoms with Crippen molar-refractivity contribution >= 4 is 0 Å². The quantitative estimate of drug-likeness (QED) is 0.443. The maximum Gasteiger partial charge on any atom is 0.0820 e. The Morgan fingerprint density at radius 2 is 1.89 bits per heavy atom. The first-order valence-corrected chi connectivity index (χ1v) is 2.82. The predicted molar refractivity (Wildman–Crippen MR) is 40.3 cm³/mol. The van der Waals surface area contributed by atoms with E-state index in [0.29, 0.717) is 0 Å². The second kappa shape index (κ2) is 3.96. The van der Waals surface area contributed by atoms with Crippen LogP contribution in [-0.2, 0) is 0 Å². The molecule has 0 fully saturated rings. The lowest BCUT2D eigenvalue weighted by Crippen LogP contribution is -1.70. The van der Waals surface area contributed by atoms with Crippen LogP contribution in [0.15, 0.2) is 36.1 Å². The number of aliphatic hydroxyl groups is 1. The van der Waals surface area contributed by atoms with Gasteiger partial charge in [-0.1, -0.05) is 24.3 Å². The van der Waals surface area contributed by atoms with Gasteiger partial charge in [0, 0.05) is 0 Å². The molecule has 0 amide bonds. The van der Waals surface area contributed by atoms with Crippen LogP contribution in [0.4, 0.5) is 0 Å². The largest absolute Gasteiger partial charge is 0.515 e. The average Bonchev–Trinajstić information content (AvgIpc) is 1.87. The smallest absolute Gasteiger partial charge is 0.0820 e. The van der Waals surface area contributed by atoms with Crippen LogP contribution in [0.2, 0.25) is 0 Å². The fourth-order valence-corrected chi connectivity index (χ4v) is 0.455. The van der Waals surface area contributed by atoms with Gasteiger partial charge in [0.15, 0.2) is 0 Å². The summed E-state index contributed by atoms with van der Waals surface area (Å²) in [5.74, 6) is 0. The molecule has 0 heterocycles. The van der Waals surface area contributed by atoms with Gasteiger partial charge in [-0.2, -0.15) is 0 Å². The molecular weight excluding hydrogens is 112 g/mol. The van der Waals surface area contributed by atoms with Gasteiger partial charge in [-0.25, -0.2) is 0 Å². The summed E-state index contributed by atoms with van der Waals surface area (Å²) in [6, 6.07) is 0. The molecule has 0 aliphatic carbocycles. The second-order valence-electron chi connectivity index (χ2n) is 1.97. The molecule has 0 saturated carbocycles. The highest BCUT2D eigenvalue weighted by Crippen LogP contribution is 1.99. The van der Waals surface area contributed by atoms with E-state index in [1.807, 2.05) is 19.9 Å². The van der Waals surface area contributed by atoms with E-state index in [9.17, 15) is 0 Å². The van der Waals surface area contributed by atoms with E-state index in [-0.39, 0.29) is 0 Å². The fourth-order valence-electron chi connectivity index (χ4n) is 0.455. The van der Waals surface area contributed by atoms with Gasteiger partial charge in [0.25, 0.3) is 0 Å². The zero-order valence-electron chi connectivity index (χ0n) is 5.89. The van der Waals surface area contributed by atoms with Crippen molar-refractivity contribution in [2.45, 2.75) is 13.8 Å². The lowest BCUT2D eigenvalue weighted by molar-refractivity contribution is 0.469. The average molecular weight is 124 g/mol. The first-order chi connectivity index (χ1) is 4.20. The van der Waals surface area contributed by atoms with Gasteiger partial charge in [0.05, 0.1) is 6.26 Å². The molecule has 1 nitrogen and oxygen atoms in total. The first-order valence-electron chi connectivity index (χ1n) is 2.82. The van der Waals surface area contributed by atoms with Gasteiger partial charge in [-0.15, -0.1) is 0 Å². The van der Waals surface area contributed by atoms with Gasteiger partial charge < -0.3 is 5.11 Å². The number of aliphatic hydroxyl groups excluding tert-OH is 1. The minimum absolute atomic E-state index is 0.840. The van der Waals surface area contributed by atoms with Crippen molar-refractivity contribution in [2.75, 3.05) is 0 Å². The van der Waals surface area contributed by atoms with Crippen molar-refractivity contribution in [1.82, 2.24) is 0 Å². The summed E-state index contributed by atoms with van der Waals surface area (Å²) in [6.45, 7) is 7.33. The molecule has 0 radical (unpaired) electrons. The summed E-state index contributed by atoms with van der Waals surface area (Å²) in [5, 5.41) is 8.44. The van der Waals surface area contributed by atoms with Gasteiger partial charge in [0.2, 0.25) is 0 Å². The standard InChI is InChI=1S/C8H12O/c1-4-7(2)5-8(3)6-9/h4-6,9H,1H2,2-3H3/b7-5-,8-6+. The number of hydrogen-bond donors (Lipinski definition) is 1. The fraction of sp³-hybridized carbons (Fsp3) is 0.250. The van der Waals surface area contributed by atoms with Crippen LogP contribution in [0, 0.1) is 0 Å². The Bertz CT molecular complexity index is 152. The highest BCUT2D eigenvalue weighted by molar-refractivity contribution is 5.24. The highest BCUT2D eigenvalue weighted by atomic mass is 16.2. The normalized spacial score (nSPS) is 13.6. The van der Waals surface area contributed by atoms with E-state index >= 15 is 0 Å². The van der Waals surface area contributed by atoms with E-state index < -0.39 is 0 Å². The number of rotatable bonds is 2. The minimum atomic E-state index is 0.840. The third kappa shape index (κ3) is 3.59. The van der Waals surface area contributed by atoms with Crippen LogP contribution < -0.4 is 0 Å². The summed E-state index contributed by atoms with van der Waals surface area (Å²) >= 11 is 0. The van der Waals surface area contributed by atoms with E-state index in [1.54, 1.807) is 6.08 Å². The van der Waals surface area contributed by atoms with Crippen LogP contribution in [0.1, 0.15) is 13.8 Å². The number of hydrogen-bond acceptors (Lipinski definition) is 1. The van der Waals surface area contributed by atoms with Crippen molar-refractivity contribution < 1.29 is 5.11 Å². The van der Waals surface area contributed by atoms with Crippen LogP contribution >= 0.6 is 0 Å². The zero-order valence-corrected chi connectivity index (χ0v) is 5.89. The maximum absolute atomic E-state index is 8.44. The monoisotopic (exact) mass is 124 g/mol. The van der Waals surface area contributed by atoms with Gasteiger partial charge in [0.1, 0.15) is 0 Å². The summed E-state index contributed by atoms with van der Waals surface area (Å²) < 4.78 is 0. The predicted octanol–water partition coefficient (Wildman–Crippen LogP) is 2.58. The minimum Gasteiger partial charge on any atom is -0.515 e. The molecule has 50 valence electrons. The van der Waals surface area contributed by atoms with Crippen molar-refractivity contribution in [1.29, 1.82) is 0 Å². The molecule has 0 aromatic rings. The molecule has 0 aromatic carbocycles. The van der Waals surface area contributed by atoms with Gasteiger partial charge in [-0.05, 0) is 19.4 Å². The Hall–Kier alpha value is -0.980. The second-order valence-corrected chi connectivity index (χ2v) is 1.97. The Labute approximate surface area is 56.0 Å². The van der Waals surface area contributed by atoms with E-state index in [0.717, 1.165) is 17.4 Å². The van der Waals surface area contributed by atoms with Crippen LogP contribution in [0.25, 0.3) is 0 Å².